The van der Waals surface area contributed by atoms with Crippen LogP contribution in [0.5, 0.6) is 0 Å². The van der Waals surface area contributed by atoms with Crippen molar-refractivity contribution in [1.82, 2.24) is 35.2 Å². The number of hydrogen-bond acceptors (Lipinski definition) is 6. The van der Waals surface area contributed by atoms with Gasteiger partial charge in [0.15, 0.2) is 5.96 Å². The first-order chi connectivity index (χ1) is 15.2. The Labute approximate surface area is 181 Å². The van der Waals surface area contributed by atoms with E-state index < -0.39 is 0 Å². The molecule has 0 saturated carbocycles. The lowest BCUT2D eigenvalue weighted by atomic mass is 10.1. The van der Waals surface area contributed by atoms with Gasteiger partial charge in [-0.3, -0.25) is 4.99 Å². The van der Waals surface area contributed by atoms with Crippen molar-refractivity contribution >= 4 is 11.8 Å². The molecule has 0 aliphatic heterocycles. The van der Waals surface area contributed by atoms with Crippen LogP contribution in [0.4, 0.5) is 5.82 Å². The van der Waals surface area contributed by atoms with Gasteiger partial charge in [-0.25, -0.2) is 4.68 Å². The van der Waals surface area contributed by atoms with E-state index >= 15 is 0 Å². The van der Waals surface area contributed by atoms with Crippen LogP contribution < -0.4 is 16.4 Å². The van der Waals surface area contributed by atoms with Crippen molar-refractivity contribution in [2.45, 2.75) is 32.7 Å². The van der Waals surface area contributed by atoms with Gasteiger partial charge in [-0.1, -0.05) is 25.1 Å². The number of nitrogens with zero attached hydrogens (tertiary/aromatic N) is 7. The zero-order chi connectivity index (χ0) is 22.1. The van der Waals surface area contributed by atoms with E-state index in [9.17, 15) is 5.26 Å². The van der Waals surface area contributed by atoms with E-state index in [1.807, 2.05) is 34.9 Å². The van der Waals surface area contributed by atoms with E-state index in [0.29, 0.717) is 36.6 Å². The number of anilines is 1. The molecule has 2 aromatic heterocycles. The van der Waals surface area contributed by atoms with Gasteiger partial charge in [-0.05, 0) is 25.0 Å². The lowest BCUT2D eigenvalue weighted by molar-refractivity contribution is 0.630. The number of guanidine groups is 1. The Morgan fingerprint density at radius 3 is 2.71 bits per heavy atom. The van der Waals surface area contributed by atoms with Gasteiger partial charge in [0, 0.05) is 33.1 Å². The Balaban J connectivity index is 1.49. The first kappa shape index (κ1) is 21.8. The molecule has 0 unspecified atom stereocenters. The summed E-state index contributed by atoms with van der Waals surface area (Å²) in [6.45, 7) is 4.22. The molecule has 0 fully saturated rings. The highest BCUT2D eigenvalue weighted by Gasteiger charge is 2.16. The molecule has 3 aromatic rings. The SMILES string of the molecule is CCc1nncn1CCNC(=NC)NCCCc1nn(-c2ccccc2)c(N)c1C#N. The summed E-state index contributed by atoms with van der Waals surface area (Å²) in [4.78, 5) is 4.25. The summed E-state index contributed by atoms with van der Waals surface area (Å²) < 4.78 is 3.65. The minimum Gasteiger partial charge on any atom is -0.382 e. The number of nitrogens with one attached hydrogen (secondary N) is 2. The molecule has 0 amide bonds. The van der Waals surface area contributed by atoms with Crippen LogP contribution in [0.3, 0.4) is 0 Å². The van der Waals surface area contributed by atoms with Crippen LogP contribution in [-0.4, -0.2) is 50.6 Å². The van der Waals surface area contributed by atoms with Crippen molar-refractivity contribution < 1.29 is 0 Å². The van der Waals surface area contributed by atoms with E-state index in [0.717, 1.165) is 36.9 Å². The molecule has 10 heteroatoms. The Hall–Kier alpha value is -3.87. The molecule has 0 bridgehead atoms. The number of benzene rings is 1. The third-order valence-electron chi connectivity index (χ3n) is 4.87. The summed E-state index contributed by atoms with van der Waals surface area (Å²) in [6.07, 6.45) is 4.01. The van der Waals surface area contributed by atoms with Gasteiger partial charge in [-0.15, -0.1) is 10.2 Å². The average Bonchev–Trinajstić information content (AvgIpc) is 3.39. The van der Waals surface area contributed by atoms with Gasteiger partial charge in [0.2, 0.25) is 0 Å². The van der Waals surface area contributed by atoms with E-state index in [1.54, 1.807) is 18.1 Å². The van der Waals surface area contributed by atoms with E-state index in [2.05, 4.69) is 43.9 Å². The van der Waals surface area contributed by atoms with Crippen molar-refractivity contribution in [3.63, 3.8) is 0 Å². The predicted octanol–water partition coefficient (Wildman–Crippen LogP) is 1.28. The third-order valence-corrected chi connectivity index (χ3v) is 4.87. The highest BCUT2D eigenvalue weighted by molar-refractivity contribution is 5.79. The minimum atomic E-state index is 0.370. The number of nitrogens with two attached hydrogens (primary N) is 1. The fraction of sp³-hybridized carbons (Fsp3) is 0.381. The second kappa shape index (κ2) is 10.8. The Morgan fingerprint density at radius 2 is 2.00 bits per heavy atom. The number of rotatable bonds is 9. The average molecular weight is 421 g/mol. The molecule has 10 nitrogen and oxygen atoms in total. The summed E-state index contributed by atoms with van der Waals surface area (Å²) in [5, 5.41) is 28.7. The predicted molar refractivity (Wildman–Crippen MR) is 120 cm³/mol. The van der Waals surface area contributed by atoms with Crippen LogP contribution in [0.15, 0.2) is 41.7 Å². The molecular weight excluding hydrogens is 392 g/mol. The summed E-state index contributed by atoms with van der Waals surface area (Å²) >= 11 is 0. The monoisotopic (exact) mass is 420 g/mol. The van der Waals surface area contributed by atoms with Crippen molar-refractivity contribution in [2.75, 3.05) is 25.9 Å². The third kappa shape index (κ3) is 5.39. The number of nitrogen functional groups attached to an aromatic ring is 1. The summed E-state index contributed by atoms with van der Waals surface area (Å²) in [5.41, 5.74) is 8.14. The molecule has 3 rings (SSSR count). The first-order valence-electron chi connectivity index (χ1n) is 10.3. The summed E-state index contributed by atoms with van der Waals surface area (Å²) in [6, 6.07) is 11.8. The second-order valence-corrected chi connectivity index (χ2v) is 6.89. The number of para-hydroxylation sites is 1. The lowest BCUT2D eigenvalue weighted by Gasteiger charge is -2.12. The molecule has 0 atom stereocenters. The van der Waals surface area contributed by atoms with Gasteiger partial charge >= 0.3 is 0 Å². The molecule has 2 heterocycles. The quantitative estimate of drug-likeness (QED) is 0.270. The standard InChI is InChI=1S/C21H28N10/c1-3-19-28-27-15-30(19)13-12-26-21(24-2)25-11-7-10-18-17(14-22)20(23)31(29-18)16-8-5-4-6-9-16/h4-6,8-9,15H,3,7,10-13,23H2,1-2H3,(H2,24,25,26). The lowest BCUT2D eigenvalue weighted by Crippen LogP contribution is -2.39. The van der Waals surface area contributed by atoms with Crippen LogP contribution >= 0.6 is 0 Å². The molecular formula is C21H28N10. The molecule has 0 aliphatic carbocycles. The Kier molecular flexibility index (Phi) is 7.59. The van der Waals surface area contributed by atoms with Gasteiger partial charge in [0.05, 0.1) is 11.4 Å². The van der Waals surface area contributed by atoms with Crippen LogP contribution in [-0.2, 0) is 19.4 Å². The van der Waals surface area contributed by atoms with Gasteiger partial charge in [0.1, 0.15) is 29.6 Å². The summed E-state index contributed by atoms with van der Waals surface area (Å²) in [5.74, 6) is 2.06. The molecule has 0 aliphatic rings. The normalized spacial score (nSPS) is 11.3. The Morgan fingerprint density at radius 1 is 1.23 bits per heavy atom. The fourth-order valence-corrected chi connectivity index (χ4v) is 3.26. The van der Waals surface area contributed by atoms with Crippen molar-refractivity contribution in [1.29, 1.82) is 5.26 Å². The maximum Gasteiger partial charge on any atom is 0.191 e. The summed E-state index contributed by atoms with van der Waals surface area (Å²) in [7, 11) is 1.74. The van der Waals surface area contributed by atoms with E-state index in [4.69, 9.17) is 5.73 Å². The number of nitriles is 1. The van der Waals surface area contributed by atoms with E-state index in [-0.39, 0.29) is 0 Å². The molecule has 0 saturated heterocycles. The van der Waals surface area contributed by atoms with Crippen molar-refractivity contribution in [3.05, 3.63) is 53.7 Å². The van der Waals surface area contributed by atoms with Crippen LogP contribution in [0, 0.1) is 11.3 Å². The molecule has 0 radical (unpaired) electrons. The maximum atomic E-state index is 9.52. The van der Waals surface area contributed by atoms with Crippen molar-refractivity contribution in [3.8, 4) is 11.8 Å². The molecule has 4 N–H and O–H groups in total. The van der Waals surface area contributed by atoms with Crippen LogP contribution in [0.2, 0.25) is 0 Å². The number of aliphatic imine (C=N–C) groups is 1. The molecule has 1 aromatic carbocycles. The van der Waals surface area contributed by atoms with Crippen LogP contribution in [0.1, 0.15) is 30.4 Å². The first-order valence-corrected chi connectivity index (χ1v) is 10.3. The molecule has 31 heavy (non-hydrogen) atoms. The maximum absolute atomic E-state index is 9.52. The highest BCUT2D eigenvalue weighted by Crippen LogP contribution is 2.21. The van der Waals surface area contributed by atoms with Gasteiger partial charge < -0.3 is 20.9 Å². The smallest absolute Gasteiger partial charge is 0.191 e. The number of hydrogen-bond donors (Lipinski definition) is 3. The largest absolute Gasteiger partial charge is 0.382 e. The zero-order valence-electron chi connectivity index (χ0n) is 17.9. The second-order valence-electron chi connectivity index (χ2n) is 6.89. The Bertz CT molecular complexity index is 1040. The number of aromatic nitrogens is 5. The topological polar surface area (TPSA) is 135 Å². The fourth-order valence-electron chi connectivity index (χ4n) is 3.26. The van der Waals surface area contributed by atoms with Gasteiger partial charge in [-0.2, -0.15) is 10.4 Å². The van der Waals surface area contributed by atoms with Gasteiger partial charge in [0.25, 0.3) is 0 Å². The van der Waals surface area contributed by atoms with Crippen molar-refractivity contribution in [2.24, 2.45) is 4.99 Å². The van der Waals surface area contributed by atoms with Crippen LogP contribution in [0.25, 0.3) is 5.69 Å². The zero-order valence-corrected chi connectivity index (χ0v) is 17.9. The number of aryl methyl sites for hydroxylation is 2. The molecule has 0 spiro atoms. The minimum absolute atomic E-state index is 0.370. The molecule has 162 valence electrons. The highest BCUT2D eigenvalue weighted by atomic mass is 15.3. The van der Waals surface area contributed by atoms with E-state index in [1.165, 1.54) is 0 Å².